The van der Waals surface area contributed by atoms with Crippen molar-refractivity contribution in [3.05, 3.63) is 65.5 Å². The molecule has 3 nitrogen and oxygen atoms in total. The van der Waals surface area contributed by atoms with E-state index >= 15 is 0 Å². The van der Waals surface area contributed by atoms with E-state index in [0.29, 0.717) is 17.9 Å². The number of pyridine rings is 1. The van der Waals surface area contributed by atoms with Gasteiger partial charge in [0.2, 0.25) is 0 Å². The van der Waals surface area contributed by atoms with Crippen molar-refractivity contribution in [1.29, 1.82) is 0 Å². The van der Waals surface area contributed by atoms with Crippen LogP contribution in [-0.4, -0.2) is 29.3 Å². The van der Waals surface area contributed by atoms with Gasteiger partial charge in [0.15, 0.2) is 0 Å². The predicted octanol–water partition coefficient (Wildman–Crippen LogP) is 6.45. The average molecular weight is 429 g/mol. The Morgan fingerprint density at radius 3 is 2.91 bits per heavy atom. The number of hydrogen-bond acceptors (Lipinski definition) is 3. The van der Waals surface area contributed by atoms with Gasteiger partial charge in [0.1, 0.15) is 0 Å². The van der Waals surface area contributed by atoms with E-state index in [4.69, 9.17) is 4.74 Å². The Kier molecular flexibility index (Phi) is 5.04. The Bertz CT molecular complexity index is 1090. The minimum absolute atomic E-state index is 0.00364. The topological polar surface area (TPSA) is 34.2 Å². The molecule has 2 aliphatic carbocycles. The lowest BCUT2D eigenvalue weighted by Crippen LogP contribution is -2.50. The summed E-state index contributed by atoms with van der Waals surface area (Å²) in [5, 5.41) is 6.08. The monoisotopic (exact) mass is 428 g/mol. The van der Waals surface area contributed by atoms with Crippen molar-refractivity contribution < 1.29 is 4.74 Å². The number of nitrogens with one attached hydrogen (secondary N) is 1. The molecule has 2 aliphatic heterocycles. The van der Waals surface area contributed by atoms with E-state index in [1.807, 2.05) is 12.4 Å². The second-order valence-electron chi connectivity index (χ2n) is 10.8. The molecule has 5 atom stereocenters. The van der Waals surface area contributed by atoms with Gasteiger partial charge >= 0.3 is 0 Å². The highest BCUT2D eigenvalue weighted by Crippen LogP contribution is 2.59. The summed E-state index contributed by atoms with van der Waals surface area (Å²) in [4.78, 5) is 4.34. The van der Waals surface area contributed by atoms with Crippen LogP contribution in [0.25, 0.3) is 10.8 Å². The molecule has 1 N–H and O–H groups in total. The van der Waals surface area contributed by atoms with Gasteiger partial charge in [-0.2, -0.15) is 0 Å². The van der Waals surface area contributed by atoms with Crippen molar-refractivity contribution in [3.8, 4) is 0 Å². The fraction of sp³-hybridized carbons (Fsp3) is 0.552. The van der Waals surface area contributed by atoms with E-state index in [9.17, 15) is 0 Å². The van der Waals surface area contributed by atoms with Gasteiger partial charge in [0, 0.05) is 23.8 Å². The van der Waals surface area contributed by atoms with Crippen LogP contribution in [0.5, 0.6) is 0 Å². The van der Waals surface area contributed by atoms with Gasteiger partial charge in [0.25, 0.3) is 0 Å². The van der Waals surface area contributed by atoms with Crippen molar-refractivity contribution in [2.45, 2.75) is 87.9 Å². The lowest BCUT2D eigenvalue weighted by atomic mass is 9.74. The molecule has 3 heterocycles. The molecule has 0 amide bonds. The van der Waals surface area contributed by atoms with E-state index in [2.05, 4.69) is 60.7 Å². The Balaban J connectivity index is 1.30. The molecule has 0 radical (unpaired) electrons. The van der Waals surface area contributed by atoms with E-state index in [0.717, 1.165) is 12.8 Å². The quantitative estimate of drug-likeness (QED) is 0.596. The molecular weight excluding hydrogens is 392 g/mol. The number of ether oxygens (including phenoxy) is 1. The number of hydrogen-bond donors (Lipinski definition) is 1. The maximum absolute atomic E-state index is 7.23. The normalized spacial score (nSPS) is 36.9. The van der Waals surface area contributed by atoms with E-state index in [1.165, 1.54) is 66.9 Å². The SMILES string of the molecule is CNC1CCC2=CC3=CCCC(c4ccc5ccncc5c4)CCC(C)C34CCC2(C1)O4. The van der Waals surface area contributed by atoms with Crippen LogP contribution < -0.4 is 5.32 Å². The van der Waals surface area contributed by atoms with Crippen molar-refractivity contribution in [3.63, 3.8) is 0 Å². The highest BCUT2D eigenvalue weighted by molar-refractivity contribution is 5.82. The minimum atomic E-state index is -0.0681. The fourth-order valence-electron chi connectivity index (χ4n) is 7.18. The summed E-state index contributed by atoms with van der Waals surface area (Å²) in [5.74, 6) is 1.15. The van der Waals surface area contributed by atoms with Crippen molar-refractivity contribution in [2.24, 2.45) is 5.92 Å². The van der Waals surface area contributed by atoms with Gasteiger partial charge in [-0.15, -0.1) is 0 Å². The third-order valence-corrected chi connectivity index (χ3v) is 9.19. The molecular formula is C29H36N2O. The molecule has 1 saturated heterocycles. The van der Waals surface area contributed by atoms with Gasteiger partial charge < -0.3 is 10.1 Å². The molecule has 4 aliphatic rings. The summed E-state index contributed by atoms with van der Waals surface area (Å²) >= 11 is 0. The zero-order chi connectivity index (χ0) is 21.8. The molecule has 2 bridgehead atoms. The number of fused-ring (bicyclic) bond motifs is 1. The third kappa shape index (κ3) is 3.20. The van der Waals surface area contributed by atoms with Crippen LogP contribution in [-0.2, 0) is 4.74 Å². The highest BCUT2D eigenvalue weighted by atomic mass is 16.5. The van der Waals surface area contributed by atoms with Crippen molar-refractivity contribution in [2.75, 3.05) is 7.05 Å². The van der Waals surface area contributed by atoms with Crippen LogP contribution in [0.4, 0.5) is 0 Å². The summed E-state index contributed by atoms with van der Waals surface area (Å²) in [6.07, 6.45) is 19.8. The van der Waals surface area contributed by atoms with Crippen LogP contribution in [0.1, 0.15) is 76.2 Å². The summed E-state index contributed by atoms with van der Waals surface area (Å²) in [7, 11) is 2.11. The van der Waals surface area contributed by atoms with Gasteiger partial charge in [-0.3, -0.25) is 4.98 Å². The Hall–Kier alpha value is -1.97. The Labute approximate surface area is 192 Å². The van der Waals surface area contributed by atoms with Gasteiger partial charge in [-0.25, -0.2) is 0 Å². The summed E-state index contributed by atoms with van der Waals surface area (Å²) in [6, 6.07) is 9.70. The van der Waals surface area contributed by atoms with E-state index in [-0.39, 0.29) is 11.2 Å². The van der Waals surface area contributed by atoms with E-state index in [1.54, 1.807) is 5.57 Å². The molecule has 1 aromatic heterocycles. The Morgan fingerprint density at radius 1 is 1.06 bits per heavy atom. The molecule has 1 saturated carbocycles. The van der Waals surface area contributed by atoms with Crippen LogP contribution in [0, 0.1) is 5.92 Å². The largest absolute Gasteiger partial charge is 0.359 e. The molecule has 5 unspecified atom stereocenters. The maximum atomic E-state index is 7.23. The molecule has 1 aromatic carbocycles. The molecule has 2 fully saturated rings. The second kappa shape index (κ2) is 7.81. The van der Waals surface area contributed by atoms with Crippen LogP contribution in [0.2, 0.25) is 0 Å². The van der Waals surface area contributed by atoms with Gasteiger partial charge in [0.05, 0.1) is 11.2 Å². The van der Waals surface area contributed by atoms with Crippen molar-refractivity contribution >= 4 is 10.8 Å². The first-order valence-corrected chi connectivity index (χ1v) is 12.7. The first kappa shape index (κ1) is 20.6. The molecule has 32 heavy (non-hydrogen) atoms. The lowest BCUT2D eigenvalue weighted by molar-refractivity contribution is -0.110. The number of rotatable bonds is 2. The summed E-state index contributed by atoms with van der Waals surface area (Å²) < 4.78 is 7.23. The van der Waals surface area contributed by atoms with Crippen LogP contribution >= 0.6 is 0 Å². The first-order chi connectivity index (χ1) is 15.6. The third-order valence-electron chi connectivity index (χ3n) is 9.19. The van der Waals surface area contributed by atoms with E-state index < -0.39 is 0 Å². The zero-order valence-electron chi connectivity index (χ0n) is 19.6. The lowest BCUT2D eigenvalue weighted by Gasteiger charge is -2.48. The Morgan fingerprint density at radius 2 is 2.00 bits per heavy atom. The molecule has 6 rings (SSSR count). The number of aromatic nitrogens is 1. The molecule has 3 heteroatoms. The standard InChI is InChI=1S/C29H36N2O/c1-20-6-7-21(23-9-8-22-12-15-31-19-24(22)16-23)4-3-5-26-17-25-10-11-27(30-2)18-28(25)13-14-29(20,26)32-28/h5,8-9,12,15-17,19-21,27,30H,3-4,6-7,10-11,13-14,18H2,1-2H3. The minimum Gasteiger partial charge on any atom is -0.359 e. The number of benzene rings is 1. The summed E-state index contributed by atoms with van der Waals surface area (Å²) in [6.45, 7) is 2.46. The smallest absolute Gasteiger partial charge is 0.0966 e. The molecule has 168 valence electrons. The van der Waals surface area contributed by atoms with Crippen LogP contribution in [0.15, 0.2) is 60.0 Å². The molecule has 2 spiro atoms. The number of allylic oxidation sites excluding steroid dienone is 1. The second-order valence-corrected chi connectivity index (χ2v) is 10.8. The van der Waals surface area contributed by atoms with Gasteiger partial charge in [-0.1, -0.05) is 31.2 Å². The predicted molar refractivity (Wildman–Crippen MR) is 131 cm³/mol. The van der Waals surface area contributed by atoms with Crippen LogP contribution in [0.3, 0.4) is 0 Å². The van der Waals surface area contributed by atoms with Gasteiger partial charge in [-0.05, 0) is 111 Å². The average Bonchev–Trinajstić information content (AvgIpc) is 3.18. The highest BCUT2D eigenvalue weighted by Gasteiger charge is 2.58. The zero-order valence-corrected chi connectivity index (χ0v) is 19.6. The summed E-state index contributed by atoms with van der Waals surface area (Å²) in [5.41, 5.74) is 4.48. The fourth-order valence-corrected chi connectivity index (χ4v) is 7.18. The number of nitrogens with zero attached hydrogens (tertiary/aromatic N) is 1. The molecule has 2 aromatic rings. The maximum Gasteiger partial charge on any atom is 0.0966 e. The first-order valence-electron chi connectivity index (χ1n) is 12.7. The van der Waals surface area contributed by atoms with Crippen molar-refractivity contribution in [1.82, 2.24) is 10.3 Å².